The number of hydrogen-bond acceptors (Lipinski definition) is 3. The Balaban J connectivity index is 1.78. The highest BCUT2D eigenvalue weighted by Crippen LogP contribution is 2.32. The quantitative estimate of drug-likeness (QED) is 0.927. The number of hydrogen-bond donors (Lipinski definition) is 1. The molecule has 0 aromatic heterocycles. The maximum atomic E-state index is 12.1. The molecule has 0 bridgehead atoms. The zero-order valence-corrected chi connectivity index (χ0v) is 12.5. The van der Waals surface area contributed by atoms with Crippen LogP contribution in [0.25, 0.3) is 0 Å². The highest BCUT2D eigenvalue weighted by molar-refractivity contribution is 7.90. The van der Waals surface area contributed by atoms with Gasteiger partial charge in [-0.25, -0.2) is 13.1 Å². The summed E-state index contributed by atoms with van der Waals surface area (Å²) in [6.07, 6.45) is 3.15. The highest BCUT2D eigenvalue weighted by atomic mass is 32.2. The second-order valence-corrected chi connectivity index (χ2v) is 7.81. The summed E-state index contributed by atoms with van der Waals surface area (Å²) < 4.78 is 33.0. The fourth-order valence-corrected chi connectivity index (χ4v) is 4.28. The first-order valence-electron chi connectivity index (χ1n) is 7.25. The van der Waals surface area contributed by atoms with Gasteiger partial charge in [0.2, 0.25) is 10.0 Å². The van der Waals surface area contributed by atoms with Crippen LogP contribution in [0.5, 0.6) is 0 Å². The van der Waals surface area contributed by atoms with E-state index in [0.717, 1.165) is 31.2 Å². The predicted octanol–water partition coefficient (Wildman–Crippen LogP) is 2.30. The van der Waals surface area contributed by atoms with E-state index >= 15 is 0 Å². The molecule has 0 radical (unpaired) electrons. The molecule has 2 fully saturated rings. The molecule has 1 aliphatic carbocycles. The molecule has 0 amide bonds. The molecule has 110 valence electrons. The van der Waals surface area contributed by atoms with Crippen LogP contribution in [-0.2, 0) is 14.8 Å². The maximum Gasteiger partial charge on any atom is 0.214 e. The van der Waals surface area contributed by atoms with E-state index in [9.17, 15) is 8.42 Å². The Bertz CT molecular complexity index is 563. The third-order valence-electron chi connectivity index (χ3n) is 4.01. The first-order chi connectivity index (χ1) is 9.56. The van der Waals surface area contributed by atoms with Crippen LogP contribution in [0.2, 0.25) is 0 Å². The molecular formula is C15H21NO3S. The molecule has 5 heteroatoms. The standard InChI is InChI=1S/C15H21NO3S/c1-11-4-6-12(7-5-11)15-14(3-2-10-19-15)16-20(17,18)13-8-9-13/h4-7,13-16H,2-3,8-10H2,1H3/t14-,15+/m0/s1. The summed E-state index contributed by atoms with van der Waals surface area (Å²) in [5, 5.41) is -0.178. The van der Waals surface area contributed by atoms with Crippen LogP contribution >= 0.6 is 0 Å². The number of sulfonamides is 1. The minimum absolute atomic E-state index is 0.142. The minimum atomic E-state index is -3.17. The van der Waals surface area contributed by atoms with Gasteiger partial charge in [-0.2, -0.15) is 0 Å². The Morgan fingerprint density at radius 2 is 1.85 bits per heavy atom. The fraction of sp³-hybridized carbons (Fsp3) is 0.600. The average Bonchev–Trinajstić information content (AvgIpc) is 3.25. The molecule has 3 rings (SSSR count). The van der Waals surface area contributed by atoms with Gasteiger partial charge in [0.1, 0.15) is 0 Å². The lowest BCUT2D eigenvalue weighted by molar-refractivity contribution is -0.00444. The topological polar surface area (TPSA) is 55.4 Å². The Hall–Kier alpha value is -0.910. The van der Waals surface area contributed by atoms with Crippen LogP contribution in [0.3, 0.4) is 0 Å². The van der Waals surface area contributed by atoms with E-state index in [1.54, 1.807) is 0 Å². The second kappa shape index (κ2) is 5.47. The minimum Gasteiger partial charge on any atom is -0.372 e. The smallest absolute Gasteiger partial charge is 0.214 e. The van der Waals surface area contributed by atoms with Crippen molar-refractivity contribution in [3.05, 3.63) is 35.4 Å². The zero-order chi connectivity index (χ0) is 14.2. The van der Waals surface area contributed by atoms with Crippen molar-refractivity contribution >= 4 is 10.0 Å². The molecule has 4 nitrogen and oxygen atoms in total. The van der Waals surface area contributed by atoms with Crippen LogP contribution in [-0.4, -0.2) is 26.3 Å². The zero-order valence-electron chi connectivity index (χ0n) is 11.7. The molecular weight excluding hydrogens is 274 g/mol. The molecule has 2 aliphatic rings. The van der Waals surface area contributed by atoms with Crippen molar-refractivity contribution in [1.29, 1.82) is 0 Å². The van der Waals surface area contributed by atoms with Crippen molar-refractivity contribution in [3.63, 3.8) is 0 Å². The molecule has 1 aliphatic heterocycles. The highest BCUT2D eigenvalue weighted by Gasteiger charge is 2.39. The van der Waals surface area contributed by atoms with Crippen molar-refractivity contribution in [2.24, 2.45) is 0 Å². The maximum absolute atomic E-state index is 12.1. The molecule has 1 N–H and O–H groups in total. The Morgan fingerprint density at radius 1 is 1.15 bits per heavy atom. The van der Waals surface area contributed by atoms with E-state index in [0.29, 0.717) is 6.61 Å². The van der Waals surface area contributed by atoms with Crippen molar-refractivity contribution in [2.45, 2.75) is 50.0 Å². The van der Waals surface area contributed by atoms with Gasteiger partial charge in [-0.1, -0.05) is 29.8 Å². The van der Waals surface area contributed by atoms with Gasteiger partial charge in [-0.3, -0.25) is 0 Å². The number of nitrogens with one attached hydrogen (secondary N) is 1. The van der Waals surface area contributed by atoms with Gasteiger partial charge >= 0.3 is 0 Å². The van der Waals surface area contributed by atoms with E-state index < -0.39 is 10.0 Å². The van der Waals surface area contributed by atoms with Crippen LogP contribution in [0, 0.1) is 6.92 Å². The molecule has 1 heterocycles. The molecule has 1 aromatic carbocycles. The van der Waals surface area contributed by atoms with Gasteiger partial charge in [-0.05, 0) is 38.2 Å². The third-order valence-corrected chi connectivity index (χ3v) is 5.99. The molecule has 1 aromatic rings. The van der Waals surface area contributed by atoms with Crippen LogP contribution in [0.1, 0.15) is 42.9 Å². The fourth-order valence-electron chi connectivity index (χ4n) is 2.67. The first kappa shape index (κ1) is 14.0. The molecule has 0 spiro atoms. The molecule has 0 unspecified atom stereocenters. The first-order valence-corrected chi connectivity index (χ1v) is 8.80. The Morgan fingerprint density at radius 3 is 2.50 bits per heavy atom. The SMILES string of the molecule is Cc1ccc([C@H]2OCCC[C@@H]2NS(=O)(=O)C2CC2)cc1. The number of rotatable bonds is 4. The number of benzene rings is 1. The van der Waals surface area contributed by atoms with E-state index in [1.807, 2.05) is 31.2 Å². The molecule has 1 saturated heterocycles. The van der Waals surface area contributed by atoms with Gasteiger partial charge in [0.05, 0.1) is 17.4 Å². The summed E-state index contributed by atoms with van der Waals surface area (Å²) in [7, 11) is -3.17. The monoisotopic (exact) mass is 295 g/mol. The van der Waals surface area contributed by atoms with Crippen molar-refractivity contribution in [3.8, 4) is 0 Å². The van der Waals surface area contributed by atoms with Crippen LogP contribution in [0.15, 0.2) is 24.3 Å². The van der Waals surface area contributed by atoms with E-state index in [-0.39, 0.29) is 17.4 Å². The summed E-state index contributed by atoms with van der Waals surface area (Å²) in [6.45, 7) is 2.74. The van der Waals surface area contributed by atoms with Gasteiger partial charge < -0.3 is 4.74 Å². The predicted molar refractivity (Wildman–Crippen MR) is 78.0 cm³/mol. The van der Waals surface area contributed by atoms with Gasteiger partial charge in [0.15, 0.2) is 0 Å². The number of aryl methyl sites for hydroxylation is 1. The van der Waals surface area contributed by atoms with Crippen molar-refractivity contribution in [2.75, 3.05) is 6.61 Å². The summed E-state index contributed by atoms with van der Waals surface area (Å²) >= 11 is 0. The lowest BCUT2D eigenvalue weighted by Crippen LogP contribution is -2.43. The van der Waals surface area contributed by atoms with Crippen molar-refractivity contribution in [1.82, 2.24) is 4.72 Å². The Kier molecular flexibility index (Phi) is 3.84. The lowest BCUT2D eigenvalue weighted by Gasteiger charge is -2.32. The Labute approximate surface area is 120 Å². The largest absolute Gasteiger partial charge is 0.372 e. The van der Waals surface area contributed by atoms with Gasteiger partial charge in [0.25, 0.3) is 0 Å². The molecule has 2 atom stereocenters. The number of ether oxygens (including phenoxy) is 1. The molecule has 20 heavy (non-hydrogen) atoms. The van der Waals surface area contributed by atoms with Crippen molar-refractivity contribution < 1.29 is 13.2 Å². The normalized spacial score (nSPS) is 27.4. The van der Waals surface area contributed by atoms with E-state index in [4.69, 9.17) is 4.74 Å². The van der Waals surface area contributed by atoms with Crippen LogP contribution < -0.4 is 4.72 Å². The summed E-state index contributed by atoms with van der Waals surface area (Å²) in [6, 6.07) is 8.00. The van der Waals surface area contributed by atoms with E-state index in [1.165, 1.54) is 5.56 Å². The van der Waals surface area contributed by atoms with E-state index in [2.05, 4.69) is 4.72 Å². The summed E-state index contributed by atoms with van der Waals surface area (Å²) in [5.41, 5.74) is 2.25. The second-order valence-electron chi connectivity index (χ2n) is 5.81. The van der Waals surface area contributed by atoms with Gasteiger partial charge in [0, 0.05) is 6.61 Å². The lowest BCUT2D eigenvalue weighted by atomic mass is 9.96. The average molecular weight is 295 g/mol. The summed E-state index contributed by atoms with van der Waals surface area (Å²) in [5.74, 6) is 0. The third kappa shape index (κ3) is 3.05. The van der Waals surface area contributed by atoms with Crippen LogP contribution in [0.4, 0.5) is 0 Å². The van der Waals surface area contributed by atoms with Gasteiger partial charge in [-0.15, -0.1) is 0 Å². The summed E-state index contributed by atoms with van der Waals surface area (Å²) in [4.78, 5) is 0. The molecule has 1 saturated carbocycles.